The van der Waals surface area contributed by atoms with Gasteiger partial charge in [-0.3, -0.25) is 4.79 Å². The Kier molecular flexibility index (Phi) is 7.29. The first-order valence-corrected chi connectivity index (χ1v) is 10.6. The molecule has 1 amide bonds. The Labute approximate surface area is 187 Å². The number of nitrogens with zero attached hydrogens (tertiary/aromatic N) is 3. The maximum atomic E-state index is 12.2. The summed E-state index contributed by atoms with van der Waals surface area (Å²) < 4.78 is 7.67. The molecule has 0 unspecified atom stereocenters. The zero-order valence-corrected chi connectivity index (χ0v) is 18.6. The van der Waals surface area contributed by atoms with E-state index in [0.29, 0.717) is 37.5 Å². The second-order valence-electron chi connectivity index (χ2n) is 6.06. The summed E-state index contributed by atoms with van der Waals surface area (Å²) in [5.41, 5.74) is 0.574. The molecule has 0 radical (unpaired) electrons. The van der Waals surface area contributed by atoms with Gasteiger partial charge in [-0.1, -0.05) is 58.7 Å². The van der Waals surface area contributed by atoms with Gasteiger partial charge >= 0.3 is 0 Å². The van der Waals surface area contributed by atoms with Crippen LogP contribution in [-0.4, -0.2) is 26.4 Å². The van der Waals surface area contributed by atoms with Gasteiger partial charge in [0.2, 0.25) is 5.91 Å². The van der Waals surface area contributed by atoms with Crippen molar-refractivity contribution in [3.05, 3.63) is 63.4 Å². The highest BCUT2D eigenvalue weighted by Crippen LogP contribution is 2.29. The fourth-order valence-corrected chi connectivity index (χ4v) is 3.69. The number of hydrogen-bond donors (Lipinski definition) is 1. The number of ether oxygens (including phenoxy) is 1. The van der Waals surface area contributed by atoms with Gasteiger partial charge in [-0.15, -0.1) is 10.2 Å². The molecule has 3 aromatic rings. The maximum absolute atomic E-state index is 12.2. The maximum Gasteiger partial charge on any atom is 0.234 e. The number of rotatable bonds is 7. The van der Waals surface area contributed by atoms with Gasteiger partial charge in [0.05, 0.1) is 20.8 Å². The number of halogens is 3. The van der Waals surface area contributed by atoms with E-state index in [0.717, 1.165) is 0 Å². The van der Waals surface area contributed by atoms with Crippen LogP contribution in [0.5, 0.6) is 5.75 Å². The van der Waals surface area contributed by atoms with Crippen LogP contribution < -0.4 is 10.1 Å². The topological polar surface area (TPSA) is 69.0 Å². The summed E-state index contributed by atoms with van der Waals surface area (Å²) in [6, 6.07) is 12.1. The predicted molar refractivity (Wildman–Crippen MR) is 117 cm³/mol. The second-order valence-corrected chi connectivity index (χ2v) is 8.22. The van der Waals surface area contributed by atoms with Crippen LogP contribution in [0.15, 0.2) is 47.6 Å². The largest absolute Gasteiger partial charge is 0.481 e. The molecule has 1 heterocycles. The van der Waals surface area contributed by atoms with Gasteiger partial charge in [-0.05, 0) is 37.3 Å². The van der Waals surface area contributed by atoms with E-state index in [9.17, 15) is 4.79 Å². The van der Waals surface area contributed by atoms with Crippen LogP contribution in [0, 0.1) is 0 Å². The van der Waals surface area contributed by atoms with Crippen LogP contribution in [-0.2, 0) is 11.8 Å². The molecule has 0 saturated heterocycles. The Balaban J connectivity index is 1.59. The lowest BCUT2D eigenvalue weighted by Gasteiger charge is -2.15. The number of carbonyl (C=O) groups is 1. The highest BCUT2D eigenvalue weighted by molar-refractivity contribution is 7.99. The van der Waals surface area contributed by atoms with Gasteiger partial charge in [0.25, 0.3) is 0 Å². The van der Waals surface area contributed by atoms with Crippen LogP contribution in [0.1, 0.15) is 18.9 Å². The van der Waals surface area contributed by atoms with E-state index >= 15 is 0 Å². The minimum atomic E-state index is -0.369. The van der Waals surface area contributed by atoms with Gasteiger partial charge in [-0.25, -0.2) is 0 Å². The molecule has 0 aliphatic rings. The number of para-hydroxylation sites is 1. The summed E-state index contributed by atoms with van der Waals surface area (Å²) in [5, 5.41) is 13.0. The molecule has 0 aliphatic heterocycles. The molecule has 0 spiro atoms. The van der Waals surface area contributed by atoms with E-state index in [1.54, 1.807) is 34.9 Å². The van der Waals surface area contributed by atoms with Crippen molar-refractivity contribution in [3.8, 4) is 5.75 Å². The van der Waals surface area contributed by atoms with Crippen LogP contribution in [0.3, 0.4) is 0 Å². The molecule has 1 atom stereocenters. The molecule has 10 heteroatoms. The van der Waals surface area contributed by atoms with Crippen molar-refractivity contribution < 1.29 is 9.53 Å². The second kappa shape index (κ2) is 9.71. The average Bonchev–Trinajstić information content (AvgIpc) is 3.05. The molecule has 0 aliphatic carbocycles. The number of anilines is 1. The molecular weight excluding hydrogens is 455 g/mol. The number of amides is 1. The van der Waals surface area contributed by atoms with E-state index < -0.39 is 0 Å². The smallest absolute Gasteiger partial charge is 0.234 e. The SMILES string of the molecule is C[C@H](Oc1ccccc1Cl)c1nnc(SCC(=O)Nc2ccc(Cl)c(Cl)c2)n1C. The number of nitrogens with one attached hydrogen (secondary N) is 1. The third-order valence-electron chi connectivity index (χ3n) is 3.91. The van der Waals surface area contributed by atoms with E-state index in [4.69, 9.17) is 39.5 Å². The zero-order chi connectivity index (χ0) is 21.0. The standard InChI is InChI=1S/C19H17Cl3N4O2S/c1-11(28-16-6-4-3-5-14(16)21)18-24-25-19(26(18)2)29-10-17(27)23-12-7-8-13(20)15(22)9-12/h3-9,11H,10H2,1-2H3,(H,23,27)/t11-/m0/s1. The van der Waals surface area contributed by atoms with E-state index in [1.165, 1.54) is 11.8 Å². The molecule has 152 valence electrons. The lowest BCUT2D eigenvalue weighted by Crippen LogP contribution is -2.15. The molecule has 0 saturated carbocycles. The summed E-state index contributed by atoms with van der Waals surface area (Å²) in [6.07, 6.45) is -0.369. The summed E-state index contributed by atoms with van der Waals surface area (Å²) in [7, 11) is 1.82. The first-order chi connectivity index (χ1) is 13.8. The summed E-state index contributed by atoms with van der Waals surface area (Å²) in [5.74, 6) is 1.15. The molecular formula is C19H17Cl3N4O2S. The molecule has 2 aromatic carbocycles. The number of thioether (sulfide) groups is 1. The summed E-state index contributed by atoms with van der Waals surface area (Å²) >= 11 is 19.2. The lowest BCUT2D eigenvalue weighted by molar-refractivity contribution is -0.113. The van der Waals surface area contributed by atoms with Crippen molar-refractivity contribution in [1.82, 2.24) is 14.8 Å². The fourth-order valence-electron chi connectivity index (χ4n) is 2.49. The van der Waals surface area contributed by atoms with Crippen LogP contribution in [0.25, 0.3) is 0 Å². The highest BCUT2D eigenvalue weighted by atomic mass is 35.5. The molecule has 3 rings (SSSR count). The Morgan fingerprint density at radius 3 is 2.62 bits per heavy atom. The Morgan fingerprint density at radius 1 is 1.14 bits per heavy atom. The van der Waals surface area contributed by atoms with Crippen molar-refractivity contribution in [2.75, 3.05) is 11.1 Å². The minimum absolute atomic E-state index is 0.159. The van der Waals surface area contributed by atoms with E-state index in [-0.39, 0.29) is 17.8 Å². The van der Waals surface area contributed by atoms with Crippen molar-refractivity contribution >= 4 is 58.2 Å². The van der Waals surface area contributed by atoms with Crippen molar-refractivity contribution in [1.29, 1.82) is 0 Å². The molecule has 1 N–H and O–H groups in total. The zero-order valence-electron chi connectivity index (χ0n) is 15.5. The Hall–Kier alpha value is -1.93. The minimum Gasteiger partial charge on any atom is -0.481 e. The fraction of sp³-hybridized carbons (Fsp3) is 0.211. The van der Waals surface area contributed by atoms with E-state index in [2.05, 4.69) is 15.5 Å². The Bertz CT molecular complexity index is 1030. The molecule has 1 aromatic heterocycles. The first-order valence-electron chi connectivity index (χ1n) is 8.53. The van der Waals surface area contributed by atoms with Crippen molar-refractivity contribution in [2.45, 2.75) is 18.2 Å². The first kappa shape index (κ1) is 21.8. The van der Waals surface area contributed by atoms with Gasteiger partial charge in [0.1, 0.15) is 5.75 Å². The van der Waals surface area contributed by atoms with Crippen LogP contribution >= 0.6 is 46.6 Å². The number of hydrogen-bond acceptors (Lipinski definition) is 5. The molecule has 29 heavy (non-hydrogen) atoms. The normalized spacial score (nSPS) is 11.9. The number of carbonyl (C=O) groups excluding carboxylic acids is 1. The van der Waals surface area contributed by atoms with Gasteiger partial charge in [0, 0.05) is 12.7 Å². The van der Waals surface area contributed by atoms with Gasteiger partial charge in [0.15, 0.2) is 17.1 Å². The lowest BCUT2D eigenvalue weighted by atomic mass is 10.3. The Morgan fingerprint density at radius 2 is 1.90 bits per heavy atom. The highest BCUT2D eigenvalue weighted by Gasteiger charge is 2.19. The van der Waals surface area contributed by atoms with Gasteiger partial charge in [-0.2, -0.15) is 0 Å². The van der Waals surface area contributed by atoms with Crippen LogP contribution in [0.4, 0.5) is 5.69 Å². The van der Waals surface area contributed by atoms with Gasteiger partial charge < -0.3 is 14.6 Å². The third-order valence-corrected chi connectivity index (χ3v) is 5.98. The average molecular weight is 472 g/mol. The third kappa shape index (κ3) is 5.57. The summed E-state index contributed by atoms with van der Waals surface area (Å²) in [6.45, 7) is 1.86. The van der Waals surface area contributed by atoms with E-state index in [1.807, 2.05) is 26.1 Å². The van der Waals surface area contributed by atoms with Crippen molar-refractivity contribution in [3.63, 3.8) is 0 Å². The number of aromatic nitrogens is 3. The molecule has 0 fully saturated rings. The number of benzene rings is 2. The predicted octanol–water partition coefficient (Wildman–Crippen LogP) is 5.65. The van der Waals surface area contributed by atoms with Crippen LogP contribution in [0.2, 0.25) is 15.1 Å². The monoisotopic (exact) mass is 470 g/mol. The quantitative estimate of drug-likeness (QED) is 0.451. The molecule has 0 bridgehead atoms. The molecule has 6 nitrogen and oxygen atoms in total. The summed E-state index contributed by atoms with van der Waals surface area (Å²) in [4.78, 5) is 12.2. The van der Waals surface area contributed by atoms with Crippen molar-refractivity contribution in [2.24, 2.45) is 7.05 Å².